The molecule has 2 aromatic rings. The molecule has 7 nitrogen and oxygen atoms in total. The van der Waals surface area contributed by atoms with Crippen LogP contribution in [0.1, 0.15) is 38.3 Å². The van der Waals surface area contributed by atoms with Gasteiger partial charge in [-0.2, -0.15) is 0 Å². The number of nitrogens with one attached hydrogen (secondary N) is 1. The number of H-pyrrole nitrogens is 1. The number of rotatable bonds is 4. The van der Waals surface area contributed by atoms with E-state index in [1.165, 1.54) is 11.7 Å². The molecule has 1 aromatic carbocycles. The summed E-state index contributed by atoms with van der Waals surface area (Å²) in [6, 6.07) is 9.21. The molecular weight excluding hydrogens is 358 g/mol. The molecule has 0 amide bonds. The van der Waals surface area contributed by atoms with Crippen LogP contribution in [0, 0.1) is 5.41 Å². The van der Waals surface area contributed by atoms with Crippen molar-refractivity contribution in [1.82, 2.24) is 14.3 Å². The molecule has 0 fully saturated rings. The van der Waals surface area contributed by atoms with Crippen LogP contribution in [0.2, 0.25) is 0 Å². The van der Waals surface area contributed by atoms with E-state index in [9.17, 15) is 14.4 Å². The Bertz CT molecular complexity index is 1030. The Morgan fingerprint density at radius 2 is 1.86 bits per heavy atom. The van der Waals surface area contributed by atoms with E-state index in [4.69, 9.17) is 4.74 Å². The number of allylic oxidation sites excluding steroid dienone is 3. The van der Waals surface area contributed by atoms with Crippen LogP contribution in [0.5, 0.6) is 0 Å². The van der Waals surface area contributed by atoms with Gasteiger partial charge >= 0.3 is 17.3 Å². The molecule has 3 rings (SSSR count). The molecule has 1 aliphatic carbocycles. The third-order valence-corrected chi connectivity index (χ3v) is 4.81. The zero-order valence-electron chi connectivity index (χ0n) is 16.5. The number of aromatic nitrogens is 3. The first-order valence-corrected chi connectivity index (χ1v) is 9.17. The number of benzene rings is 1. The Hall–Kier alpha value is -3.09. The number of hydrogen-bond acceptors (Lipinski definition) is 4. The van der Waals surface area contributed by atoms with Gasteiger partial charge in [0, 0.05) is 13.0 Å². The molecule has 0 unspecified atom stereocenters. The molecule has 7 heteroatoms. The van der Waals surface area contributed by atoms with E-state index in [0.29, 0.717) is 0 Å². The van der Waals surface area contributed by atoms with Crippen molar-refractivity contribution in [2.24, 2.45) is 12.5 Å². The van der Waals surface area contributed by atoms with Gasteiger partial charge < -0.3 is 4.74 Å². The van der Waals surface area contributed by atoms with Gasteiger partial charge in [-0.25, -0.2) is 23.9 Å². The molecule has 1 N–H and O–H groups in total. The average molecular weight is 383 g/mol. The lowest BCUT2D eigenvalue weighted by molar-refractivity contribution is -0.152. The van der Waals surface area contributed by atoms with Crippen molar-refractivity contribution in [1.29, 1.82) is 0 Å². The third-order valence-electron chi connectivity index (χ3n) is 4.81. The van der Waals surface area contributed by atoms with Gasteiger partial charge in [-0.05, 0) is 31.9 Å². The third kappa shape index (κ3) is 3.78. The largest absolute Gasteiger partial charge is 0.461 e. The van der Waals surface area contributed by atoms with Gasteiger partial charge in [0.25, 0.3) is 0 Å². The maximum atomic E-state index is 12.6. The fourth-order valence-corrected chi connectivity index (χ4v) is 3.19. The number of esters is 1. The fraction of sp³-hybridized carbons (Fsp3) is 0.381. The van der Waals surface area contributed by atoms with E-state index in [-0.39, 0.29) is 18.5 Å². The van der Waals surface area contributed by atoms with E-state index in [1.807, 2.05) is 48.6 Å². The Balaban J connectivity index is 2.02. The quantitative estimate of drug-likeness (QED) is 0.821. The monoisotopic (exact) mass is 383 g/mol. The summed E-state index contributed by atoms with van der Waals surface area (Å²) in [4.78, 5) is 36.9. The van der Waals surface area contributed by atoms with Gasteiger partial charge in [0.15, 0.2) is 0 Å². The minimum absolute atomic E-state index is 0.0395. The summed E-state index contributed by atoms with van der Waals surface area (Å²) in [6.45, 7) is 5.40. The van der Waals surface area contributed by atoms with Crippen LogP contribution in [-0.2, 0) is 16.6 Å². The first-order valence-electron chi connectivity index (χ1n) is 9.17. The first-order chi connectivity index (χ1) is 13.2. The minimum Gasteiger partial charge on any atom is -0.461 e. The number of aromatic amines is 1. The number of carbonyl (C=O) groups is 1. The maximum Gasteiger partial charge on any atom is 0.347 e. The molecule has 0 radical (unpaired) electrons. The molecule has 1 aromatic heterocycles. The highest BCUT2D eigenvalue weighted by atomic mass is 16.5. The fourth-order valence-electron chi connectivity index (χ4n) is 3.19. The van der Waals surface area contributed by atoms with Crippen molar-refractivity contribution in [2.45, 2.75) is 32.7 Å². The van der Waals surface area contributed by atoms with Gasteiger partial charge in [0.1, 0.15) is 6.61 Å². The topological polar surface area (TPSA) is 86.1 Å². The normalized spacial score (nSPS) is 19.4. The molecule has 0 saturated heterocycles. The highest BCUT2D eigenvalue weighted by Crippen LogP contribution is 2.37. The molecule has 0 bridgehead atoms. The van der Waals surface area contributed by atoms with Crippen molar-refractivity contribution in [2.75, 3.05) is 6.61 Å². The van der Waals surface area contributed by atoms with Gasteiger partial charge in [-0.3, -0.25) is 4.79 Å². The molecular formula is C21H25N3O4. The maximum absolute atomic E-state index is 12.6. The summed E-state index contributed by atoms with van der Waals surface area (Å²) in [5, 5.41) is 2.63. The number of carbonyl (C=O) groups excluding carboxylic acids is 1. The summed E-state index contributed by atoms with van der Waals surface area (Å²) in [5.74, 6) is -0.517. The minimum atomic E-state index is -0.628. The lowest BCUT2D eigenvalue weighted by Crippen LogP contribution is -2.34. The lowest BCUT2D eigenvalue weighted by Gasteiger charge is -2.30. The van der Waals surface area contributed by atoms with Gasteiger partial charge in [-0.15, -0.1) is 0 Å². The van der Waals surface area contributed by atoms with Crippen molar-refractivity contribution in [3.63, 3.8) is 0 Å². The van der Waals surface area contributed by atoms with E-state index in [2.05, 4.69) is 5.10 Å². The summed E-state index contributed by atoms with van der Waals surface area (Å²) < 4.78 is 7.85. The zero-order valence-corrected chi connectivity index (χ0v) is 16.5. The van der Waals surface area contributed by atoms with E-state index in [0.717, 1.165) is 15.7 Å². The second-order valence-corrected chi connectivity index (χ2v) is 7.96. The summed E-state index contributed by atoms with van der Waals surface area (Å²) in [7, 11) is 1.43. The van der Waals surface area contributed by atoms with E-state index < -0.39 is 22.8 Å². The SMILES string of the molecule is Cn1c(=O)[nH]n([C@H]2C(COC(=O)C(C)(C)C)=CC=C[C@@H]2c2ccccc2)c1=O. The van der Waals surface area contributed by atoms with Gasteiger partial charge in [0.2, 0.25) is 0 Å². The van der Waals surface area contributed by atoms with Crippen LogP contribution < -0.4 is 11.4 Å². The van der Waals surface area contributed by atoms with Crippen LogP contribution in [-0.4, -0.2) is 26.9 Å². The summed E-state index contributed by atoms with van der Waals surface area (Å²) in [5.41, 5.74) is 0.166. The highest BCUT2D eigenvalue weighted by molar-refractivity contribution is 5.75. The molecule has 28 heavy (non-hydrogen) atoms. The van der Waals surface area contributed by atoms with Crippen LogP contribution in [0.3, 0.4) is 0 Å². The second-order valence-electron chi connectivity index (χ2n) is 7.96. The average Bonchev–Trinajstić information content (AvgIpc) is 2.92. The van der Waals surface area contributed by atoms with Crippen molar-refractivity contribution >= 4 is 5.97 Å². The first kappa shape index (κ1) is 19.7. The Kier molecular flexibility index (Phi) is 5.27. The summed E-state index contributed by atoms with van der Waals surface area (Å²) in [6.07, 6.45) is 5.70. The van der Waals surface area contributed by atoms with Crippen LogP contribution in [0.25, 0.3) is 0 Å². The number of ether oxygens (including phenoxy) is 1. The second kappa shape index (κ2) is 7.50. The smallest absolute Gasteiger partial charge is 0.347 e. The van der Waals surface area contributed by atoms with Crippen molar-refractivity contribution in [3.05, 3.63) is 80.7 Å². The van der Waals surface area contributed by atoms with Crippen LogP contribution >= 0.6 is 0 Å². The molecule has 0 saturated carbocycles. The van der Waals surface area contributed by atoms with Crippen LogP contribution in [0.15, 0.2) is 63.7 Å². The van der Waals surface area contributed by atoms with Gasteiger partial charge in [-0.1, -0.05) is 48.6 Å². The highest BCUT2D eigenvalue weighted by Gasteiger charge is 2.32. The predicted molar refractivity (Wildman–Crippen MR) is 106 cm³/mol. The Morgan fingerprint density at radius 3 is 2.43 bits per heavy atom. The molecule has 148 valence electrons. The van der Waals surface area contributed by atoms with Gasteiger partial charge in [0.05, 0.1) is 11.5 Å². The summed E-state index contributed by atoms with van der Waals surface area (Å²) >= 11 is 0. The Morgan fingerprint density at radius 1 is 1.18 bits per heavy atom. The molecule has 2 atom stereocenters. The predicted octanol–water partition coefficient (Wildman–Crippen LogP) is 2.29. The lowest BCUT2D eigenvalue weighted by atomic mass is 9.83. The molecule has 0 aliphatic heterocycles. The molecule has 1 heterocycles. The van der Waals surface area contributed by atoms with E-state index >= 15 is 0 Å². The standard InChI is InChI=1S/C21H25N3O4/c1-21(2,3)18(25)28-13-15-11-8-12-16(14-9-6-5-7-10-14)17(15)24-20(27)23(4)19(26)22-24/h5-12,16-17H,13H2,1-4H3,(H,22,26)/t16-,17+/m1/s1. The van der Waals surface area contributed by atoms with E-state index in [1.54, 1.807) is 20.8 Å². The zero-order chi connectivity index (χ0) is 20.5. The number of hydrogen-bond donors (Lipinski definition) is 1. The van der Waals surface area contributed by atoms with Crippen molar-refractivity contribution in [3.8, 4) is 0 Å². The molecule has 0 spiro atoms. The van der Waals surface area contributed by atoms with Crippen LogP contribution in [0.4, 0.5) is 0 Å². The molecule has 1 aliphatic rings. The number of nitrogens with zero attached hydrogens (tertiary/aromatic N) is 2. The van der Waals surface area contributed by atoms with Crippen molar-refractivity contribution < 1.29 is 9.53 Å². The Labute approximate surface area is 162 Å².